The summed E-state index contributed by atoms with van der Waals surface area (Å²) in [5, 5.41) is 5.36. The zero-order valence-corrected chi connectivity index (χ0v) is 18.4. The third kappa shape index (κ3) is 5.45. The summed E-state index contributed by atoms with van der Waals surface area (Å²) >= 11 is 0. The second-order valence-electron chi connectivity index (χ2n) is 7.80. The van der Waals surface area contributed by atoms with E-state index < -0.39 is 29.7 Å². The van der Waals surface area contributed by atoms with Gasteiger partial charge in [0.15, 0.2) is 0 Å². The Hall–Kier alpha value is -4.51. The van der Waals surface area contributed by atoms with Gasteiger partial charge >= 0.3 is 0 Å². The van der Waals surface area contributed by atoms with Crippen molar-refractivity contribution in [1.29, 1.82) is 0 Å². The Morgan fingerprint density at radius 1 is 0.500 bits per heavy atom. The molecule has 0 fully saturated rings. The van der Waals surface area contributed by atoms with E-state index in [-0.39, 0.29) is 0 Å². The smallest absolute Gasteiger partial charge is 0.257 e. The first-order chi connectivity index (χ1) is 16.6. The molecule has 0 aliphatic carbocycles. The van der Waals surface area contributed by atoms with Crippen LogP contribution in [0.4, 0.5) is 0 Å². The minimum absolute atomic E-state index is 0.361. The molecule has 168 valence electrons. The van der Waals surface area contributed by atoms with Crippen LogP contribution in [0.1, 0.15) is 37.8 Å². The second-order valence-corrected chi connectivity index (χ2v) is 7.80. The van der Waals surface area contributed by atoms with Crippen LogP contribution in [0.25, 0.3) is 0 Å². The van der Waals surface area contributed by atoms with Crippen LogP contribution in [0.5, 0.6) is 0 Å². The lowest BCUT2D eigenvalue weighted by Crippen LogP contribution is -2.51. The zero-order valence-electron chi connectivity index (χ0n) is 18.4. The Morgan fingerprint density at radius 3 is 1.32 bits per heavy atom. The molecule has 1 atom stereocenters. The minimum Gasteiger partial charge on any atom is -0.339 e. The summed E-state index contributed by atoms with van der Waals surface area (Å²) < 4.78 is 0. The number of imide groups is 1. The average Bonchev–Trinajstić information content (AvgIpc) is 2.90. The first-order valence-electron chi connectivity index (χ1n) is 11.0. The molecule has 34 heavy (non-hydrogen) atoms. The summed E-state index contributed by atoms with van der Waals surface area (Å²) in [5.74, 6) is -2.02. The number of hydrogen-bond donors (Lipinski definition) is 2. The van der Waals surface area contributed by atoms with Gasteiger partial charge in [0.25, 0.3) is 11.8 Å². The minimum atomic E-state index is -1.04. The van der Waals surface area contributed by atoms with E-state index in [1.54, 1.807) is 54.6 Å². The van der Waals surface area contributed by atoms with Gasteiger partial charge in [0, 0.05) is 17.0 Å². The largest absolute Gasteiger partial charge is 0.339 e. The van der Waals surface area contributed by atoms with E-state index in [2.05, 4.69) is 10.6 Å². The van der Waals surface area contributed by atoms with Crippen molar-refractivity contribution in [2.24, 2.45) is 0 Å². The molecule has 3 amide bonds. The molecule has 4 aromatic carbocycles. The van der Waals surface area contributed by atoms with Crippen LogP contribution in [-0.4, -0.2) is 23.8 Å². The van der Waals surface area contributed by atoms with Crippen molar-refractivity contribution in [3.63, 3.8) is 0 Å². The van der Waals surface area contributed by atoms with Gasteiger partial charge in [0.05, 0.1) is 0 Å². The Morgan fingerprint density at radius 2 is 0.882 bits per heavy atom. The maximum atomic E-state index is 13.5. The predicted octanol–water partition coefficient (Wildman–Crippen LogP) is 4.57. The second kappa shape index (κ2) is 10.9. The van der Waals surface area contributed by atoms with Crippen molar-refractivity contribution in [2.75, 3.05) is 0 Å². The molecule has 0 radical (unpaired) electrons. The highest BCUT2D eigenvalue weighted by Gasteiger charge is 2.33. The lowest BCUT2D eigenvalue weighted by Gasteiger charge is -2.28. The van der Waals surface area contributed by atoms with Crippen molar-refractivity contribution < 1.29 is 14.4 Å². The van der Waals surface area contributed by atoms with Crippen molar-refractivity contribution in [3.05, 3.63) is 144 Å². The molecule has 2 N–H and O–H groups in total. The fourth-order valence-corrected chi connectivity index (χ4v) is 3.86. The predicted molar refractivity (Wildman–Crippen MR) is 131 cm³/mol. The van der Waals surface area contributed by atoms with Crippen LogP contribution < -0.4 is 10.6 Å². The maximum Gasteiger partial charge on any atom is 0.257 e. The van der Waals surface area contributed by atoms with Crippen molar-refractivity contribution >= 4 is 17.7 Å². The van der Waals surface area contributed by atoms with Crippen molar-refractivity contribution in [1.82, 2.24) is 10.6 Å². The van der Waals surface area contributed by atoms with E-state index >= 15 is 0 Å². The quantitative estimate of drug-likeness (QED) is 0.435. The van der Waals surface area contributed by atoms with Gasteiger partial charge in [-0.15, -0.1) is 0 Å². The van der Waals surface area contributed by atoms with Crippen LogP contribution in [0.2, 0.25) is 0 Å². The van der Waals surface area contributed by atoms with Gasteiger partial charge in [-0.3, -0.25) is 19.7 Å². The molecule has 0 aliphatic heterocycles. The summed E-state index contributed by atoms with van der Waals surface area (Å²) in [6.45, 7) is 0. The lowest BCUT2D eigenvalue weighted by atomic mass is 9.84. The molecular weight excluding hydrogens is 424 g/mol. The standard InChI is InChI=1S/C29H24N2O3/c32-27(23-17-9-3-10-18-23)30-26(29(34)31-28(33)24-19-11-4-12-20-24)25(21-13-5-1-6-14-21)22-15-7-2-8-16-22/h1-20,25-26H,(H,30,32)(H,31,33,34). The molecule has 0 saturated carbocycles. The van der Waals surface area contributed by atoms with Gasteiger partial charge in [-0.2, -0.15) is 0 Å². The molecule has 0 aliphatic rings. The first kappa shape index (κ1) is 22.7. The molecule has 4 rings (SSSR count). The molecule has 5 heteroatoms. The van der Waals surface area contributed by atoms with Crippen LogP contribution in [-0.2, 0) is 4.79 Å². The molecule has 0 spiro atoms. The highest BCUT2D eigenvalue weighted by molar-refractivity contribution is 6.08. The van der Waals surface area contributed by atoms with Gasteiger partial charge in [0.2, 0.25) is 5.91 Å². The third-order valence-corrected chi connectivity index (χ3v) is 5.53. The Labute approximate surface area is 198 Å². The number of carbonyl (C=O) groups excluding carboxylic acids is 3. The highest BCUT2D eigenvalue weighted by atomic mass is 16.2. The summed E-state index contributed by atoms with van der Waals surface area (Å²) in [5.41, 5.74) is 2.47. The van der Waals surface area contributed by atoms with E-state index in [0.29, 0.717) is 11.1 Å². The number of benzene rings is 4. The Bertz CT molecular complexity index is 1200. The number of amides is 3. The first-order valence-corrected chi connectivity index (χ1v) is 11.0. The molecule has 0 saturated heterocycles. The van der Waals surface area contributed by atoms with Gasteiger partial charge in [-0.25, -0.2) is 0 Å². The molecule has 1 unspecified atom stereocenters. The van der Waals surface area contributed by atoms with Crippen LogP contribution in [0, 0.1) is 0 Å². The van der Waals surface area contributed by atoms with E-state index in [0.717, 1.165) is 11.1 Å². The lowest BCUT2D eigenvalue weighted by molar-refractivity contribution is -0.122. The number of nitrogens with one attached hydrogen (secondary N) is 2. The van der Waals surface area contributed by atoms with Gasteiger partial charge in [0.1, 0.15) is 6.04 Å². The van der Waals surface area contributed by atoms with Crippen molar-refractivity contribution in [3.8, 4) is 0 Å². The van der Waals surface area contributed by atoms with E-state index in [1.807, 2.05) is 66.7 Å². The molecule has 0 bridgehead atoms. The summed E-state index contributed by atoms with van der Waals surface area (Å²) in [6, 6.07) is 35.1. The molecule has 0 heterocycles. The number of hydrogen-bond acceptors (Lipinski definition) is 3. The average molecular weight is 449 g/mol. The Kier molecular flexibility index (Phi) is 7.25. The molecule has 0 aromatic heterocycles. The van der Waals surface area contributed by atoms with E-state index in [1.165, 1.54) is 0 Å². The fourth-order valence-electron chi connectivity index (χ4n) is 3.86. The van der Waals surface area contributed by atoms with E-state index in [9.17, 15) is 14.4 Å². The van der Waals surface area contributed by atoms with Gasteiger partial charge in [-0.1, -0.05) is 97.1 Å². The number of rotatable bonds is 7. The summed E-state index contributed by atoms with van der Waals surface area (Å²) in [4.78, 5) is 39.4. The van der Waals surface area contributed by atoms with Gasteiger partial charge in [-0.05, 0) is 35.4 Å². The fraction of sp³-hybridized carbons (Fsp3) is 0.0690. The molecule has 5 nitrogen and oxygen atoms in total. The molecule has 4 aromatic rings. The molecular formula is C29H24N2O3. The number of carbonyl (C=O) groups is 3. The third-order valence-electron chi connectivity index (χ3n) is 5.53. The topological polar surface area (TPSA) is 75.3 Å². The van der Waals surface area contributed by atoms with Crippen LogP contribution in [0.15, 0.2) is 121 Å². The summed E-state index contributed by atoms with van der Waals surface area (Å²) in [6.07, 6.45) is 0. The monoisotopic (exact) mass is 448 g/mol. The highest BCUT2D eigenvalue weighted by Crippen LogP contribution is 2.28. The van der Waals surface area contributed by atoms with Gasteiger partial charge < -0.3 is 5.32 Å². The normalized spacial score (nSPS) is 11.4. The zero-order chi connectivity index (χ0) is 23.8. The van der Waals surface area contributed by atoms with Crippen molar-refractivity contribution in [2.45, 2.75) is 12.0 Å². The summed E-state index contributed by atoms with van der Waals surface area (Å²) in [7, 11) is 0. The Balaban J connectivity index is 1.72. The van der Waals surface area contributed by atoms with Crippen LogP contribution in [0.3, 0.4) is 0 Å². The maximum absolute atomic E-state index is 13.5. The van der Waals surface area contributed by atoms with Crippen LogP contribution >= 0.6 is 0 Å². The van der Waals surface area contributed by atoms with E-state index in [4.69, 9.17) is 0 Å². The SMILES string of the molecule is O=C(NC(=O)C(NC(=O)c1ccccc1)C(c1ccccc1)c1ccccc1)c1ccccc1.